The Bertz CT molecular complexity index is 533. The normalized spacial score (nSPS) is 10.4. The lowest BCUT2D eigenvalue weighted by atomic mass is 10.2. The van der Waals surface area contributed by atoms with Crippen LogP contribution in [0, 0.1) is 0 Å². The fourth-order valence-electron chi connectivity index (χ4n) is 1.26. The van der Waals surface area contributed by atoms with Crippen LogP contribution in [0.2, 0.25) is 5.02 Å². The SMILES string of the molecule is CC(=O)c1nc(-c2ccc(Cl)cc2)sc1S. The van der Waals surface area contributed by atoms with Gasteiger partial charge in [-0.1, -0.05) is 23.7 Å². The number of hydrogen-bond acceptors (Lipinski definition) is 4. The van der Waals surface area contributed by atoms with E-state index in [2.05, 4.69) is 17.6 Å². The van der Waals surface area contributed by atoms with Crippen molar-refractivity contribution in [2.75, 3.05) is 0 Å². The highest BCUT2D eigenvalue weighted by molar-refractivity contribution is 7.83. The van der Waals surface area contributed by atoms with Crippen LogP contribution in [-0.4, -0.2) is 10.8 Å². The molecule has 0 saturated carbocycles. The summed E-state index contributed by atoms with van der Waals surface area (Å²) in [6, 6.07) is 7.34. The number of aromatic nitrogens is 1. The van der Waals surface area contributed by atoms with Crippen molar-refractivity contribution in [3.05, 3.63) is 35.0 Å². The molecule has 0 spiro atoms. The molecular weight excluding hydrogens is 262 g/mol. The molecule has 0 radical (unpaired) electrons. The van der Waals surface area contributed by atoms with E-state index in [9.17, 15) is 4.79 Å². The summed E-state index contributed by atoms with van der Waals surface area (Å²) in [5.74, 6) is -0.0681. The first-order chi connectivity index (χ1) is 7.58. The third kappa shape index (κ3) is 2.29. The summed E-state index contributed by atoms with van der Waals surface area (Å²) in [6.45, 7) is 1.49. The summed E-state index contributed by atoms with van der Waals surface area (Å²) in [5.41, 5.74) is 1.37. The lowest BCUT2D eigenvalue weighted by Gasteiger charge is -1.95. The van der Waals surface area contributed by atoms with Crippen molar-refractivity contribution in [1.82, 2.24) is 4.98 Å². The highest BCUT2D eigenvalue weighted by atomic mass is 35.5. The van der Waals surface area contributed by atoms with Gasteiger partial charge in [0.25, 0.3) is 0 Å². The fraction of sp³-hybridized carbons (Fsp3) is 0.0909. The second-order valence-corrected chi connectivity index (χ2v) is 5.42. The minimum absolute atomic E-state index is 0.0681. The van der Waals surface area contributed by atoms with Crippen molar-refractivity contribution in [2.24, 2.45) is 0 Å². The molecule has 0 unspecified atom stereocenters. The molecule has 2 rings (SSSR count). The van der Waals surface area contributed by atoms with Crippen molar-refractivity contribution in [2.45, 2.75) is 11.1 Å². The number of ketones is 1. The Kier molecular flexibility index (Phi) is 3.33. The molecule has 2 aromatic rings. The zero-order valence-corrected chi connectivity index (χ0v) is 10.9. The smallest absolute Gasteiger partial charge is 0.180 e. The molecule has 2 nitrogen and oxygen atoms in total. The van der Waals surface area contributed by atoms with Crippen LogP contribution in [0.4, 0.5) is 0 Å². The van der Waals surface area contributed by atoms with Crippen LogP contribution in [0.15, 0.2) is 28.5 Å². The van der Waals surface area contributed by atoms with E-state index in [4.69, 9.17) is 11.6 Å². The predicted molar refractivity (Wildman–Crippen MR) is 69.8 cm³/mol. The first-order valence-corrected chi connectivity index (χ1v) is 6.19. The molecule has 82 valence electrons. The van der Waals surface area contributed by atoms with E-state index in [0.717, 1.165) is 10.6 Å². The minimum Gasteiger partial charge on any atom is -0.293 e. The third-order valence-electron chi connectivity index (χ3n) is 2.03. The summed E-state index contributed by atoms with van der Waals surface area (Å²) in [5, 5.41) is 1.46. The van der Waals surface area contributed by atoms with Crippen LogP contribution in [0.25, 0.3) is 10.6 Å². The molecule has 1 aromatic heterocycles. The summed E-state index contributed by atoms with van der Waals surface area (Å²) in [6.07, 6.45) is 0. The number of Topliss-reactive ketones (excluding diaryl/α,β-unsaturated/α-hetero) is 1. The summed E-state index contributed by atoms with van der Waals surface area (Å²) in [4.78, 5) is 15.5. The number of thiol groups is 1. The molecule has 1 aromatic carbocycles. The van der Waals surface area contributed by atoms with Gasteiger partial charge in [-0.05, 0) is 12.1 Å². The molecule has 5 heteroatoms. The second kappa shape index (κ2) is 4.57. The summed E-state index contributed by atoms with van der Waals surface area (Å²) >= 11 is 11.4. The number of rotatable bonds is 2. The van der Waals surface area contributed by atoms with Crippen LogP contribution >= 0.6 is 35.6 Å². The Morgan fingerprint density at radius 2 is 2.00 bits per heavy atom. The number of halogens is 1. The van der Waals surface area contributed by atoms with Crippen LogP contribution < -0.4 is 0 Å². The van der Waals surface area contributed by atoms with Gasteiger partial charge >= 0.3 is 0 Å². The maximum absolute atomic E-state index is 11.2. The number of carbonyl (C=O) groups is 1. The monoisotopic (exact) mass is 269 g/mol. The molecule has 0 saturated heterocycles. The van der Waals surface area contributed by atoms with Crippen molar-refractivity contribution >= 4 is 41.3 Å². The largest absolute Gasteiger partial charge is 0.293 e. The van der Waals surface area contributed by atoms with E-state index in [1.165, 1.54) is 18.3 Å². The van der Waals surface area contributed by atoms with E-state index < -0.39 is 0 Å². The van der Waals surface area contributed by atoms with E-state index in [1.54, 1.807) is 12.1 Å². The van der Waals surface area contributed by atoms with Crippen LogP contribution in [0.5, 0.6) is 0 Å². The number of hydrogen-bond donors (Lipinski definition) is 1. The Balaban J connectivity index is 2.45. The van der Waals surface area contributed by atoms with Gasteiger partial charge < -0.3 is 0 Å². The fourth-order valence-corrected chi connectivity index (χ4v) is 2.71. The molecule has 0 N–H and O–H groups in total. The molecule has 0 atom stereocenters. The van der Waals surface area contributed by atoms with Gasteiger partial charge in [0.15, 0.2) is 5.78 Å². The summed E-state index contributed by atoms with van der Waals surface area (Å²) in [7, 11) is 0. The van der Waals surface area contributed by atoms with Crippen molar-refractivity contribution in [3.8, 4) is 10.6 Å². The van der Waals surface area contributed by atoms with Gasteiger partial charge in [-0.2, -0.15) is 0 Å². The molecule has 0 amide bonds. The minimum atomic E-state index is -0.0681. The van der Waals surface area contributed by atoms with Gasteiger partial charge in [-0.3, -0.25) is 4.79 Å². The van der Waals surface area contributed by atoms with Crippen molar-refractivity contribution < 1.29 is 4.79 Å². The first-order valence-electron chi connectivity index (χ1n) is 4.54. The average Bonchev–Trinajstić information content (AvgIpc) is 2.61. The van der Waals surface area contributed by atoms with Gasteiger partial charge in [-0.15, -0.1) is 24.0 Å². The Hall–Kier alpha value is -0.840. The molecule has 0 aliphatic carbocycles. The highest BCUT2D eigenvalue weighted by Crippen LogP contribution is 2.31. The molecule has 0 bridgehead atoms. The Morgan fingerprint density at radius 1 is 1.38 bits per heavy atom. The maximum atomic E-state index is 11.2. The zero-order valence-electron chi connectivity index (χ0n) is 8.40. The Morgan fingerprint density at radius 3 is 2.50 bits per heavy atom. The number of nitrogens with zero attached hydrogens (tertiary/aromatic N) is 1. The third-order valence-corrected chi connectivity index (χ3v) is 3.68. The van der Waals surface area contributed by atoms with Crippen LogP contribution in [-0.2, 0) is 0 Å². The quantitative estimate of drug-likeness (QED) is 0.661. The van der Waals surface area contributed by atoms with E-state index in [-0.39, 0.29) is 5.78 Å². The topological polar surface area (TPSA) is 30.0 Å². The number of thiazole rings is 1. The van der Waals surface area contributed by atoms with Gasteiger partial charge in [0.2, 0.25) is 0 Å². The summed E-state index contributed by atoms with van der Waals surface area (Å²) < 4.78 is 0.650. The van der Waals surface area contributed by atoms with E-state index in [1.807, 2.05) is 12.1 Å². The maximum Gasteiger partial charge on any atom is 0.180 e. The highest BCUT2D eigenvalue weighted by Gasteiger charge is 2.13. The van der Waals surface area contributed by atoms with E-state index in [0.29, 0.717) is 14.9 Å². The average molecular weight is 270 g/mol. The molecule has 0 aliphatic heterocycles. The standard InChI is InChI=1S/C11H8ClNOS2/c1-6(14)9-11(15)16-10(13-9)7-2-4-8(12)5-3-7/h2-5,15H,1H3. The van der Waals surface area contributed by atoms with E-state index >= 15 is 0 Å². The molecule has 16 heavy (non-hydrogen) atoms. The van der Waals surface area contributed by atoms with Crippen LogP contribution in [0.3, 0.4) is 0 Å². The van der Waals surface area contributed by atoms with Crippen molar-refractivity contribution in [3.63, 3.8) is 0 Å². The lowest BCUT2D eigenvalue weighted by Crippen LogP contribution is -1.92. The van der Waals surface area contributed by atoms with Gasteiger partial charge in [0, 0.05) is 17.5 Å². The van der Waals surface area contributed by atoms with Crippen LogP contribution in [0.1, 0.15) is 17.4 Å². The molecule has 1 heterocycles. The van der Waals surface area contributed by atoms with Crippen molar-refractivity contribution in [1.29, 1.82) is 0 Å². The Labute approximate surface area is 108 Å². The molecular formula is C11H8ClNOS2. The lowest BCUT2D eigenvalue weighted by molar-refractivity contribution is 0.101. The van der Waals surface area contributed by atoms with Gasteiger partial charge in [0.1, 0.15) is 10.7 Å². The van der Waals surface area contributed by atoms with Gasteiger partial charge in [0.05, 0.1) is 4.21 Å². The molecule has 0 aliphatic rings. The zero-order chi connectivity index (χ0) is 11.7. The second-order valence-electron chi connectivity index (χ2n) is 3.24. The molecule has 0 fully saturated rings. The number of benzene rings is 1. The predicted octanol–water partition coefficient (Wildman–Crippen LogP) is 3.95. The number of carbonyl (C=O) groups excluding carboxylic acids is 1. The first kappa shape index (κ1) is 11.6. The van der Waals surface area contributed by atoms with Gasteiger partial charge in [-0.25, -0.2) is 4.98 Å².